The van der Waals surface area contributed by atoms with E-state index in [1.165, 1.54) is 6.42 Å². The van der Waals surface area contributed by atoms with Crippen molar-refractivity contribution in [3.63, 3.8) is 0 Å². The zero-order chi connectivity index (χ0) is 17.0. The maximum Gasteiger partial charge on any atom is 0.251 e. The quantitative estimate of drug-likeness (QED) is 0.897. The number of hydrogen-bond acceptors (Lipinski definition) is 2. The van der Waals surface area contributed by atoms with Gasteiger partial charge in [-0.15, -0.1) is 0 Å². The first-order valence-electron chi connectivity index (χ1n) is 8.74. The Kier molecular flexibility index (Phi) is 5.00. The lowest BCUT2D eigenvalue weighted by Crippen LogP contribution is -2.40. The van der Waals surface area contributed by atoms with Crippen molar-refractivity contribution in [2.75, 3.05) is 7.05 Å². The SMILES string of the molecule is CNC(=O)c1ccccc1C(c1ccccc1)C1(O)CCCCC1. The summed E-state index contributed by atoms with van der Waals surface area (Å²) in [5, 5.41) is 14.2. The van der Waals surface area contributed by atoms with Crippen molar-refractivity contribution < 1.29 is 9.90 Å². The van der Waals surface area contributed by atoms with Gasteiger partial charge in [-0.05, 0) is 30.0 Å². The summed E-state index contributed by atoms with van der Waals surface area (Å²) in [5.41, 5.74) is 1.82. The maximum absolute atomic E-state index is 12.4. The van der Waals surface area contributed by atoms with E-state index < -0.39 is 5.60 Å². The molecule has 3 rings (SSSR count). The number of benzene rings is 2. The molecule has 1 fully saturated rings. The topological polar surface area (TPSA) is 49.3 Å². The van der Waals surface area contributed by atoms with E-state index in [1.807, 2.05) is 42.5 Å². The highest BCUT2D eigenvalue weighted by Crippen LogP contribution is 2.44. The van der Waals surface area contributed by atoms with E-state index in [0.29, 0.717) is 5.56 Å². The van der Waals surface area contributed by atoms with E-state index in [-0.39, 0.29) is 11.8 Å². The third-order valence-electron chi connectivity index (χ3n) is 5.13. The molecule has 0 heterocycles. The number of hydrogen-bond donors (Lipinski definition) is 2. The van der Waals surface area contributed by atoms with Crippen LogP contribution in [0.4, 0.5) is 0 Å². The smallest absolute Gasteiger partial charge is 0.251 e. The van der Waals surface area contributed by atoms with Gasteiger partial charge < -0.3 is 10.4 Å². The monoisotopic (exact) mass is 323 g/mol. The van der Waals surface area contributed by atoms with Gasteiger partial charge in [0, 0.05) is 18.5 Å². The first kappa shape index (κ1) is 16.7. The Morgan fingerprint density at radius 3 is 2.29 bits per heavy atom. The maximum atomic E-state index is 12.4. The average molecular weight is 323 g/mol. The lowest BCUT2D eigenvalue weighted by atomic mass is 9.69. The highest BCUT2D eigenvalue weighted by Gasteiger charge is 2.40. The predicted octanol–water partition coefficient (Wildman–Crippen LogP) is 3.87. The summed E-state index contributed by atoms with van der Waals surface area (Å²) in [7, 11) is 1.64. The number of amides is 1. The summed E-state index contributed by atoms with van der Waals surface area (Å²) < 4.78 is 0. The van der Waals surface area contributed by atoms with Crippen LogP contribution in [0.5, 0.6) is 0 Å². The van der Waals surface area contributed by atoms with E-state index in [1.54, 1.807) is 7.05 Å². The molecule has 1 aliphatic carbocycles. The Hall–Kier alpha value is -2.13. The summed E-state index contributed by atoms with van der Waals surface area (Å²) in [6, 6.07) is 17.7. The number of carbonyl (C=O) groups is 1. The Labute approximate surface area is 143 Å². The van der Waals surface area contributed by atoms with Crippen LogP contribution in [0.1, 0.15) is 59.5 Å². The molecule has 126 valence electrons. The molecule has 24 heavy (non-hydrogen) atoms. The molecule has 2 aromatic carbocycles. The molecule has 0 saturated heterocycles. The normalized spacial score (nSPS) is 17.9. The fourth-order valence-corrected chi connectivity index (χ4v) is 3.97. The molecule has 1 unspecified atom stereocenters. The van der Waals surface area contributed by atoms with Crippen LogP contribution < -0.4 is 5.32 Å². The molecule has 0 bridgehead atoms. The fourth-order valence-electron chi connectivity index (χ4n) is 3.97. The van der Waals surface area contributed by atoms with Gasteiger partial charge in [0.2, 0.25) is 0 Å². The summed E-state index contributed by atoms with van der Waals surface area (Å²) in [6.07, 6.45) is 4.77. The van der Waals surface area contributed by atoms with Crippen molar-refractivity contribution in [2.45, 2.75) is 43.6 Å². The molecule has 3 nitrogen and oxygen atoms in total. The van der Waals surface area contributed by atoms with Crippen molar-refractivity contribution >= 4 is 5.91 Å². The molecule has 1 saturated carbocycles. The number of nitrogens with one attached hydrogen (secondary N) is 1. The van der Waals surface area contributed by atoms with Gasteiger partial charge in [0.15, 0.2) is 0 Å². The van der Waals surface area contributed by atoms with Crippen LogP contribution in [0.2, 0.25) is 0 Å². The zero-order valence-electron chi connectivity index (χ0n) is 14.2. The molecule has 2 aromatic rings. The molecule has 3 heteroatoms. The van der Waals surface area contributed by atoms with Crippen molar-refractivity contribution in [1.82, 2.24) is 5.32 Å². The third-order valence-corrected chi connectivity index (χ3v) is 5.13. The summed E-state index contributed by atoms with van der Waals surface area (Å²) in [6.45, 7) is 0. The lowest BCUT2D eigenvalue weighted by Gasteiger charge is -2.40. The van der Waals surface area contributed by atoms with Crippen LogP contribution in [0, 0.1) is 0 Å². The highest BCUT2D eigenvalue weighted by molar-refractivity contribution is 5.95. The average Bonchev–Trinajstić information content (AvgIpc) is 2.63. The number of carbonyl (C=O) groups excluding carboxylic acids is 1. The van der Waals surface area contributed by atoms with E-state index in [2.05, 4.69) is 17.4 Å². The van der Waals surface area contributed by atoms with E-state index in [4.69, 9.17) is 0 Å². The van der Waals surface area contributed by atoms with Crippen molar-refractivity contribution in [2.24, 2.45) is 0 Å². The standard InChI is InChI=1S/C21H25NO2/c1-22-20(23)18-13-7-6-12-17(18)19(16-10-4-2-5-11-16)21(24)14-8-3-9-15-21/h2,4-7,10-13,19,24H,3,8-9,14-15H2,1H3,(H,22,23). The van der Waals surface area contributed by atoms with Crippen molar-refractivity contribution in [1.29, 1.82) is 0 Å². The first-order chi connectivity index (χ1) is 11.7. The predicted molar refractivity (Wildman–Crippen MR) is 96.2 cm³/mol. The molecule has 0 aromatic heterocycles. The summed E-state index contributed by atoms with van der Waals surface area (Å²) in [4.78, 5) is 12.4. The minimum atomic E-state index is -0.802. The van der Waals surface area contributed by atoms with Crippen molar-refractivity contribution in [3.8, 4) is 0 Å². The molecule has 0 aliphatic heterocycles. The molecule has 1 atom stereocenters. The second-order valence-electron chi connectivity index (χ2n) is 6.67. The molecule has 0 radical (unpaired) electrons. The summed E-state index contributed by atoms with van der Waals surface area (Å²) in [5.74, 6) is -0.293. The van der Waals surface area contributed by atoms with Gasteiger partial charge in [-0.2, -0.15) is 0 Å². The highest BCUT2D eigenvalue weighted by atomic mass is 16.3. The van der Waals surface area contributed by atoms with Crippen LogP contribution in [0.25, 0.3) is 0 Å². The fraction of sp³-hybridized carbons (Fsp3) is 0.381. The number of rotatable bonds is 4. The third kappa shape index (κ3) is 3.22. The second-order valence-corrected chi connectivity index (χ2v) is 6.67. The van der Waals surface area contributed by atoms with Crippen LogP contribution in [0.15, 0.2) is 54.6 Å². The van der Waals surface area contributed by atoms with Crippen LogP contribution in [0.3, 0.4) is 0 Å². The Morgan fingerprint density at radius 2 is 1.62 bits per heavy atom. The molecular weight excluding hydrogens is 298 g/mol. The van der Waals surface area contributed by atoms with Gasteiger partial charge in [-0.1, -0.05) is 67.8 Å². The van der Waals surface area contributed by atoms with E-state index >= 15 is 0 Å². The van der Waals surface area contributed by atoms with Crippen LogP contribution >= 0.6 is 0 Å². The van der Waals surface area contributed by atoms with Gasteiger partial charge in [0.1, 0.15) is 0 Å². The first-order valence-corrected chi connectivity index (χ1v) is 8.74. The molecule has 0 spiro atoms. The minimum absolute atomic E-state index is 0.106. The second kappa shape index (κ2) is 7.18. The van der Waals surface area contributed by atoms with Crippen LogP contribution in [-0.4, -0.2) is 23.7 Å². The number of aliphatic hydroxyl groups is 1. The summed E-state index contributed by atoms with van der Waals surface area (Å²) >= 11 is 0. The van der Waals surface area contributed by atoms with Gasteiger partial charge in [-0.3, -0.25) is 4.79 Å². The molecule has 1 aliphatic rings. The van der Waals surface area contributed by atoms with Crippen LogP contribution in [-0.2, 0) is 0 Å². The Balaban J connectivity index is 2.14. The zero-order valence-corrected chi connectivity index (χ0v) is 14.2. The van der Waals surface area contributed by atoms with Gasteiger partial charge in [0.25, 0.3) is 5.91 Å². The minimum Gasteiger partial charge on any atom is -0.389 e. The van der Waals surface area contributed by atoms with E-state index in [9.17, 15) is 9.90 Å². The lowest BCUT2D eigenvalue weighted by molar-refractivity contribution is -0.0111. The van der Waals surface area contributed by atoms with Crippen molar-refractivity contribution in [3.05, 3.63) is 71.3 Å². The van der Waals surface area contributed by atoms with Gasteiger partial charge >= 0.3 is 0 Å². The van der Waals surface area contributed by atoms with Gasteiger partial charge in [-0.25, -0.2) is 0 Å². The Bertz CT molecular complexity index is 690. The largest absolute Gasteiger partial charge is 0.389 e. The molecular formula is C21H25NO2. The molecule has 2 N–H and O–H groups in total. The van der Waals surface area contributed by atoms with E-state index in [0.717, 1.165) is 36.8 Å². The molecule has 1 amide bonds. The Morgan fingerprint density at radius 1 is 1.00 bits per heavy atom. The van der Waals surface area contributed by atoms with Gasteiger partial charge in [0.05, 0.1) is 5.60 Å².